The predicted octanol–water partition coefficient (Wildman–Crippen LogP) is 4.67. The molecule has 0 fully saturated rings. The second-order valence-electron chi connectivity index (χ2n) is 5.54. The highest BCUT2D eigenvalue weighted by atomic mass is 16.5. The third-order valence-corrected chi connectivity index (χ3v) is 3.84. The van der Waals surface area contributed by atoms with Gasteiger partial charge in [-0.15, -0.1) is 0 Å². The van der Waals surface area contributed by atoms with E-state index in [0.717, 1.165) is 22.7 Å². The first-order valence-electron chi connectivity index (χ1n) is 7.60. The minimum absolute atomic E-state index is 0.828. The van der Waals surface area contributed by atoms with Crippen molar-refractivity contribution in [1.29, 1.82) is 0 Å². The second-order valence-corrected chi connectivity index (χ2v) is 5.54. The van der Waals surface area contributed by atoms with Crippen molar-refractivity contribution in [3.8, 4) is 11.4 Å². The van der Waals surface area contributed by atoms with Gasteiger partial charge in [0.25, 0.3) is 0 Å². The van der Waals surface area contributed by atoms with Crippen molar-refractivity contribution in [1.82, 2.24) is 9.55 Å². The maximum atomic E-state index is 5.54. The first kappa shape index (κ1) is 15.1. The van der Waals surface area contributed by atoms with Crippen molar-refractivity contribution in [2.45, 2.75) is 13.8 Å². The quantitative estimate of drug-likeness (QED) is 0.655. The summed E-state index contributed by atoms with van der Waals surface area (Å²) in [6, 6.07) is 14.5. The van der Waals surface area contributed by atoms with Gasteiger partial charge in [-0.2, -0.15) is 0 Å². The molecule has 116 valence electrons. The van der Waals surface area contributed by atoms with Crippen molar-refractivity contribution in [2.75, 3.05) is 7.11 Å². The number of hydrogen-bond acceptors (Lipinski definition) is 2. The van der Waals surface area contributed by atoms with E-state index in [1.165, 1.54) is 11.1 Å². The van der Waals surface area contributed by atoms with Gasteiger partial charge in [-0.3, -0.25) is 0 Å². The number of methoxy groups -OCH3 is 1. The molecule has 2 aromatic carbocycles. The molecule has 0 saturated heterocycles. The normalized spacial score (nSPS) is 11.1. The zero-order chi connectivity index (χ0) is 16.2. The summed E-state index contributed by atoms with van der Waals surface area (Å²) in [7, 11) is 1.69. The van der Waals surface area contributed by atoms with Crippen molar-refractivity contribution < 1.29 is 4.74 Å². The molecule has 0 saturated carbocycles. The van der Waals surface area contributed by atoms with E-state index >= 15 is 0 Å². The fourth-order valence-corrected chi connectivity index (χ4v) is 2.52. The van der Waals surface area contributed by atoms with Gasteiger partial charge in [0.05, 0.1) is 24.8 Å². The number of benzene rings is 2. The van der Waals surface area contributed by atoms with E-state index in [9.17, 15) is 0 Å². The lowest BCUT2D eigenvalue weighted by Crippen LogP contribution is -1.95. The van der Waals surface area contributed by atoms with Gasteiger partial charge < -0.3 is 9.30 Å². The summed E-state index contributed by atoms with van der Waals surface area (Å²) in [4.78, 5) is 4.27. The molecule has 3 aromatic rings. The molecule has 0 bridgehead atoms. The third-order valence-electron chi connectivity index (χ3n) is 3.84. The first-order chi connectivity index (χ1) is 11.2. The molecular formula is C20H20N2O. The Labute approximate surface area is 136 Å². The van der Waals surface area contributed by atoms with Crippen LogP contribution in [-0.4, -0.2) is 16.7 Å². The molecule has 0 atom stereocenters. The molecule has 0 unspecified atom stereocenters. The zero-order valence-electron chi connectivity index (χ0n) is 13.7. The molecule has 0 radical (unpaired) electrons. The van der Waals surface area contributed by atoms with Crippen molar-refractivity contribution in [3.63, 3.8) is 0 Å². The molecule has 0 amide bonds. The van der Waals surface area contributed by atoms with Crippen LogP contribution in [0.4, 0.5) is 0 Å². The van der Waals surface area contributed by atoms with Crippen molar-refractivity contribution in [2.24, 2.45) is 0 Å². The summed E-state index contributed by atoms with van der Waals surface area (Å²) in [5.41, 5.74) is 5.56. The van der Waals surface area contributed by atoms with Gasteiger partial charge in [-0.1, -0.05) is 42.5 Å². The fraction of sp³-hybridized carbons (Fsp3) is 0.150. The Balaban J connectivity index is 1.92. The topological polar surface area (TPSA) is 27.1 Å². The molecule has 3 nitrogen and oxygen atoms in total. The average Bonchev–Trinajstić information content (AvgIpc) is 3.00. The Morgan fingerprint density at radius 3 is 2.57 bits per heavy atom. The third kappa shape index (κ3) is 3.34. The smallest absolute Gasteiger partial charge is 0.143 e. The first-order valence-corrected chi connectivity index (χ1v) is 7.60. The Bertz CT molecular complexity index is 846. The number of aryl methyl sites for hydroxylation is 2. The van der Waals surface area contributed by atoms with Gasteiger partial charge in [0, 0.05) is 6.20 Å². The molecular weight excluding hydrogens is 284 g/mol. The molecule has 3 rings (SSSR count). The van der Waals surface area contributed by atoms with Gasteiger partial charge in [-0.05, 0) is 42.7 Å². The summed E-state index contributed by atoms with van der Waals surface area (Å²) in [6.45, 7) is 4.09. The van der Waals surface area contributed by atoms with Gasteiger partial charge in [0.15, 0.2) is 0 Å². The highest BCUT2D eigenvalue weighted by Crippen LogP contribution is 2.25. The molecule has 0 aliphatic rings. The van der Waals surface area contributed by atoms with E-state index in [1.54, 1.807) is 13.4 Å². The molecule has 1 heterocycles. The maximum Gasteiger partial charge on any atom is 0.143 e. The van der Waals surface area contributed by atoms with E-state index in [0.29, 0.717) is 0 Å². The Hall–Kier alpha value is -2.81. The van der Waals surface area contributed by atoms with Crippen molar-refractivity contribution >= 4 is 12.2 Å². The van der Waals surface area contributed by atoms with Crippen LogP contribution in [0.3, 0.4) is 0 Å². The van der Waals surface area contributed by atoms with Crippen LogP contribution >= 0.6 is 0 Å². The SMILES string of the molecule is COc1cc(/C=C/c2ccccc2C)ccc1-n1cnc(C)c1. The van der Waals surface area contributed by atoms with Crippen LogP contribution in [0, 0.1) is 13.8 Å². The number of hydrogen-bond donors (Lipinski definition) is 0. The predicted molar refractivity (Wildman–Crippen MR) is 95.0 cm³/mol. The molecule has 0 aliphatic carbocycles. The van der Waals surface area contributed by atoms with Crippen LogP contribution in [0.15, 0.2) is 55.0 Å². The zero-order valence-corrected chi connectivity index (χ0v) is 13.7. The summed E-state index contributed by atoms with van der Waals surface area (Å²) in [6.07, 6.45) is 8.02. The van der Waals surface area contributed by atoms with Crippen LogP contribution in [0.2, 0.25) is 0 Å². The van der Waals surface area contributed by atoms with Gasteiger partial charge >= 0.3 is 0 Å². The second kappa shape index (κ2) is 6.53. The van der Waals surface area contributed by atoms with E-state index < -0.39 is 0 Å². The average molecular weight is 304 g/mol. The molecule has 0 spiro atoms. The Morgan fingerprint density at radius 1 is 1.04 bits per heavy atom. The lowest BCUT2D eigenvalue weighted by Gasteiger charge is -2.10. The lowest BCUT2D eigenvalue weighted by molar-refractivity contribution is 0.413. The Morgan fingerprint density at radius 2 is 1.87 bits per heavy atom. The molecule has 0 aliphatic heterocycles. The van der Waals surface area contributed by atoms with Crippen LogP contribution in [0.25, 0.3) is 17.8 Å². The van der Waals surface area contributed by atoms with E-state index in [2.05, 4.69) is 60.5 Å². The minimum Gasteiger partial charge on any atom is -0.495 e. The van der Waals surface area contributed by atoms with E-state index in [-0.39, 0.29) is 0 Å². The fourth-order valence-electron chi connectivity index (χ4n) is 2.52. The van der Waals surface area contributed by atoms with E-state index in [1.807, 2.05) is 23.8 Å². The Kier molecular flexibility index (Phi) is 4.29. The highest BCUT2D eigenvalue weighted by Gasteiger charge is 2.06. The lowest BCUT2D eigenvalue weighted by atomic mass is 10.1. The maximum absolute atomic E-state index is 5.54. The summed E-state index contributed by atoms with van der Waals surface area (Å²) >= 11 is 0. The van der Waals surface area contributed by atoms with Gasteiger partial charge in [-0.25, -0.2) is 4.98 Å². The van der Waals surface area contributed by atoms with Crippen LogP contribution in [-0.2, 0) is 0 Å². The van der Waals surface area contributed by atoms with Gasteiger partial charge in [0.1, 0.15) is 5.75 Å². The highest BCUT2D eigenvalue weighted by molar-refractivity contribution is 5.72. The minimum atomic E-state index is 0.828. The monoisotopic (exact) mass is 304 g/mol. The molecule has 3 heteroatoms. The van der Waals surface area contributed by atoms with Crippen LogP contribution in [0.1, 0.15) is 22.4 Å². The summed E-state index contributed by atoms with van der Waals surface area (Å²) < 4.78 is 7.52. The largest absolute Gasteiger partial charge is 0.495 e. The number of aromatic nitrogens is 2. The molecule has 1 aromatic heterocycles. The number of nitrogens with zero attached hydrogens (tertiary/aromatic N) is 2. The summed E-state index contributed by atoms with van der Waals surface area (Å²) in [5, 5.41) is 0. The number of rotatable bonds is 4. The van der Waals surface area contributed by atoms with E-state index in [4.69, 9.17) is 4.74 Å². The van der Waals surface area contributed by atoms with Crippen LogP contribution < -0.4 is 4.74 Å². The molecule has 0 N–H and O–H groups in total. The van der Waals surface area contributed by atoms with Crippen molar-refractivity contribution in [3.05, 3.63) is 77.4 Å². The van der Waals surface area contributed by atoms with Gasteiger partial charge in [0.2, 0.25) is 0 Å². The standard InChI is InChI=1S/C20H20N2O/c1-15-6-4-5-7-18(15)10-8-17-9-11-19(20(12-17)23-3)22-13-16(2)21-14-22/h4-14H,1-3H3/b10-8+. The number of imidazole rings is 1. The summed E-state index contributed by atoms with van der Waals surface area (Å²) in [5.74, 6) is 0.828. The number of ether oxygens (including phenoxy) is 1. The molecule has 23 heavy (non-hydrogen) atoms. The van der Waals surface area contributed by atoms with Crippen LogP contribution in [0.5, 0.6) is 5.75 Å².